The number of carbonyl (C=O) groups is 1. The molecular weight excluding hydrogens is 384 g/mol. The van der Waals surface area contributed by atoms with Crippen LogP contribution in [0.3, 0.4) is 0 Å². The molecule has 5 heteroatoms. The summed E-state index contributed by atoms with van der Waals surface area (Å²) < 4.78 is 0. The van der Waals surface area contributed by atoms with E-state index in [1.54, 1.807) is 42.4 Å². The Morgan fingerprint density at radius 3 is 2.35 bits per heavy atom. The van der Waals surface area contributed by atoms with E-state index in [0.717, 1.165) is 24.3 Å². The second-order valence-electron chi connectivity index (χ2n) is 8.23. The molecule has 2 aromatic carbocycles. The van der Waals surface area contributed by atoms with Gasteiger partial charge in [-0.2, -0.15) is 5.26 Å². The third kappa shape index (κ3) is 5.17. The molecule has 0 radical (unpaired) electrons. The molecule has 3 aromatic rings. The van der Waals surface area contributed by atoms with E-state index < -0.39 is 0 Å². The molecule has 156 valence electrons. The lowest BCUT2D eigenvalue weighted by Gasteiger charge is -2.23. The fourth-order valence-electron chi connectivity index (χ4n) is 3.68. The van der Waals surface area contributed by atoms with E-state index >= 15 is 0 Å². The molecule has 1 amide bonds. The Morgan fingerprint density at radius 2 is 1.71 bits per heavy atom. The quantitative estimate of drug-likeness (QED) is 0.566. The number of hydrogen-bond donors (Lipinski definition) is 0. The largest absolute Gasteiger partial charge is 0.311 e. The zero-order valence-corrected chi connectivity index (χ0v) is 18.0. The minimum absolute atomic E-state index is 0.115. The Kier molecular flexibility index (Phi) is 6.11. The lowest BCUT2D eigenvalue weighted by molar-refractivity contribution is 0.0992. The number of amides is 1. The molecule has 1 saturated carbocycles. The molecular formula is C26H26N4O. The number of nitrogens with zero attached hydrogens (tertiary/aromatic N) is 4. The third-order valence-corrected chi connectivity index (χ3v) is 5.69. The van der Waals surface area contributed by atoms with Crippen LogP contribution in [0.1, 0.15) is 45.5 Å². The first-order chi connectivity index (χ1) is 15.0. The number of rotatable bonds is 7. The zero-order chi connectivity index (χ0) is 21.8. The minimum Gasteiger partial charge on any atom is -0.311 e. The van der Waals surface area contributed by atoms with Crippen molar-refractivity contribution >= 4 is 11.6 Å². The highest BCUT2D eigenvalue weighted by atomic mass is 16.2. The molecule has 0 bridgehead atoms. The van der Waals surface area contributed by atoms with Gasteiger partial charge in [-0.05, 0) is 61.2 Å². The lowest BCUT2D eigenvalue weighted by atomic mass is 10.1. The molecule has 5 nitrogen and oxygen atoms in total. The number of carbonyl (C=O) groups excluding carboxylic acids is 1. The highest BCUT2D eigenvalue weighted by molar-refractivity contribution is 6.05. The SMILES string of the molecule is Cc1ccc(CN(Cc2cncc(C(=O)N(C)c3ccc(C#N)cc3)c2)C2CC2)cc1. The molecule has 4 rings (SSSR count). The first-order valence-corrected chi connectivity index (χ1v) is 10.6. The molecule has 31 heavy (non-hydrogen) atoms. The van der Waals surface area contributed by atoms with Gasteiger partial charge >= 0.3 is 0 Å². The van der Waals surface area contributed by atoms with E-state index in [1.807, 2.05) is 12.3 Å². The summed E-state index contributed by atoms with van der Waals surface area (Å²) in [5.41, 5.74) is 5.49. The number of benzene rings is 2. The fraction of sp³-hybridized carbons (Fsp3) is 0.269. The summed E-state index contributed by atoms with van der Waals surface area (Å²) in [5.74, 6) is -0.115. The Morgan fingerprint density at radius 1 is 1.03 bits per heavy atom. The van der Waals surface area contributed by atoms with Crippen molar-refractivity contribution in [3.8, 4) is 6.07 Å². The van der Waals surface area contributed by atoms with Crippen LogP contribution in [0, 0.1) is 18.3 Å². The lowest BCUT2D eigenvalue weighted by Crippen LogP contribution is -2.27. The molecule has 0 N–H and O–H groups in total. The van der Waals surface area contributed by atoms with Crippen molar-refractivity contribution in [2.24, 2.45) is 0 Å². The van der Waals surface area contributed by atoms with Crippen LogP contribution in [0.15, 0.2) is 67.0 Å². The summed E-state index contributed by atoms with van der Waals surface area (Å²) in [6.45, 7) is 3.77. The van der Waals surface area contributed by atoms with E-state index in [0.29, 0.717) is 17.2 Å². The highest BCUT2D eigenvalue weighted by Gasteiger charge is 2.29. The maximum Gasteiger partial charge on any atom is 0.259 e. The van der Waals surface area contributed by atoms with Gasteiger partial charge in [0.1, 0.15) is 0 Å². The standard InChI is InChI=1S/C26H26N4O/c1-19-3-5-21(6-4-19)17-30(25-11-12-25)18-22-13-23(16-28-15-22)26(31)29(2)24-9-7-20(14-27)8-10-24/h3-10,13,15-16,25H,11-12,17-18H2,1-2H3. The molecule has 0 atom stereocenters. The van der Waals surface area contributed by atoms with Crippen LogP contribution in [0.4, 0.5) is 5.69 Å². The van der Waals surface area contributed by atoms with Crippen LogP contribution in [-0.4, -0.2) is 28.9 Å². The van der Waals surface area contributed by atoms with Crippen molar-refractivity contribution in [2.45, 2.75) is 38.9 Å². The van der Waals surface area contributed by atoms with E-state index in [9.17, 15) is 4.79 Å². The number of aromatic nitrogens is 1. The summed E-state index contributed by atoms with van der Waals surface area (Å²) in [5, 5.41) is 8.96. The maximum atomic E-state index is 13.0. The van der Waals surface area contributed by atoms with Gasteiger partial charge in [0.15, 0.2) is 0 Å². The van der Waals surface area contributed by atoms with E-state index in [2.05, 4.69) is 47.1 Å². The average Bonchev–Trinajstić information content (AvgIpc) is 3.65. The van der Waals surface area contributed by atoms with Gasteiger partial charge < -0.3 is 4.90 Å². The normalized spacial score (nSPS) is 13.1. The fourth-order valence-corrected chi connectivity index (χ4v) is 3.68. The summed E-state index contributed by atoms with van der Waals surface area (Å²) in [7, 11) is 1.74. The van der Waals surface area contributed by atoms with Gasteiger partial charge in [0.2, 0.25) is 0 Å². The van der Waals surface area contributed by atoms with E-state index in [1.165, 1.54) is 24.0 Å². The number of hydrogen-bond acceptors (Lipinski definition) is 4. The third-order valence-electron chi connectivity index (χ3n) is 5.69. The van der Waals surface area contributed by atoms with Crippen molar-refractivity contribution in [3.63, 3.8) is 0 Å². The van der Waals surface area contributed by atoms with Crippen LogP contribution in [0.2, 0.25) is 0 Å². The van der Waals surface area contributed by atoms with Crippen LogP contribution in [0.5, 0.6) is 0 Å². The molecule has 1 fully saturated rings. The second kappa shape index (κ2) is 9.11. The highest BCUT2D eigenvalue weighted by Crippen LogP contribution is 2.30. The van der Waals surface area contributed by atoms with Crippen molar-refractivity contribution in [1.29, 1.82) is 5.26 Å². The Hall–Kier alpha value is -3.49. The van der Waals surface area contributed by atoms with Crippen molar-refractivity contribution in [1.82, 2.24) is 9.88 Å². The van der Waals surface area contributed by atoms with Crippen molar-refractivity contribution < 1.29 is 4.79 Å². The molecule has 1 aromatic heterocycles. The molecule has 0 unspecified atom stereocenters. The first-order valence-electron chi connectivity index (χ1n) is 10.6. The van der Waals surface area contributed by atoms with Gasteiger partial charge in [0.05, 0.1) is 17.2 Å². The van der Waals surface area contributed by atoms with E-state index in [-0.39, 0.29) is 5.91 Å². The smallest absolute Gasteiger partial charge is 0.259 e. The predicted octanol–water partition coefficient (Wildman–Crippen LogP) is 4.70. The summed E-state index contributed by atoms with van der Waals surface area (Å²) >= 11 is 0. The number of nitriles is 1. The van der Waals surface area contributed by atoms with Gasteiger partial charge in [0, 0.05) is 44.3 Å². The minimum atomic E-state index is -0.115. The molecule has 0 saturated heterocycles. The first kappa shape index (κ1) is 20.8. The van der Waals surface area contributed by atoms with Gasteiger partial charge in [0.25, 0.3) is 5.91 Å². The summed E-state index contributed by atoms with van der Waals surface area (Å²) in [4.78, 5) is 21.4. The molecule has 0 aliphatic heterocycles. The molecule has 1 aliphatic rings. The number of anilines is 1. The van der Waals surface area contributed by atoms with Crippen molar-refractivity contribution in [2.75, 3.05) is 11.9 Å². The van der Waals surface area contributed by atoms with Crippen LogP contribution in [-0.2, 0) is 13.1 Å². The molecule has 1 aliphatic carbocycles. The zero-order valence-electron chi connectivity index (χ0n) is 18.0. The summed E-state index contributed by atoms with van der Waals surface area (Å²) in [6.07, 6.45) is 5.91. The van der Waals surface area contributed by atoms with E-state index in [4.69, 9.17) is 5.26 Å². The van der Waals surface area contributed by atoms with Crippen molar-refractivity contribution in [3.05, 3.63) is 94.8 Å². The summed E-state index contributed by atoms with van der Waals surface area (Å²) in [6, 6.07) is 20.3. The van der Waals surface area contributed by atoms with Gasteiger partial charge in [-0.25, -0.2) is 0 Å². The molecule has 1 heterocycles. The van der Waals surface area contributed by atoms with Crippen LogP contribution < -0.4 is 4.90 Å². The Balaban J connectivity index is 1.48. The second-order valence-corrected chi connectivity index (χ2v) is 8.23. The topological polar surface area (TPSA) is 60.2 Å². The molecule has 0 spiro atoms. The van der Waals surface area contributed by atoms with Crippen LogP contribution in [0.25, 0.3) is 0 Å². The van der Waals surface area contributed by atoms with Gasteiger partial charge in [-0.3, -0.25) is 14.7 Å². The van der Waals surface area contributed by atoms with Crippen LogP contribution >= 0.6 is 0 Å². The van der Waals surface area contributed by atoms with Gasteiger partial charge in [-0.15, -0.1) is 0 Å². The Bertz CT molecular complexity index is 1100. The number of pyridine rings is 1. The van der Waals surface area contributed by atoms with Gasteiger partial charge in [-0.1, -0.05) is 29.8 Å². The average molecular weight is 411 g/mol. The predicted molar refractivity (Wildman–Crippen MR) is 122 cm³/mol. The number of aryl methyl sites for hydroxylation is 1. The monoisotopic (exact) mass is 410 g/mol. The maximum absolute atomic E-state index is 13.0. The Labute approximate surface area is 183 Å².